The van der Waals surface area contributed by atoms with Gasteiger partial charge in [-0.05, 0) is 43.2 Å². The number of phenolic OH excluding ortho intramolecular Hbond substituents is 1. The molecule has 0 bridgehead atoms. The maximum Gasteiger partial charge on any atom is 0.151 e. The van der Waals surface area contributed by atoms with E-state index in [0.717, 1.165) is 54.0 Å². The molecule has 2 fully saturated rings. The van der Waals surface area contributed by atoms with Crippen molar-refractivity contribution in [3.05, 3.63) is 41.5 Å². The summed E-state index contributed by atoms with van der Waals surface area (Å²) in [5.41, 5.74) is 2.30. The summed E-state index contributed by atoms with van der Waals surface area (Å²) < 4.78 is 5.23. The van der Waals surface area contributed by atoms with Crippen LogP contribution in [0.4, 0.5) is 5.82 Å². The summed E-state index contributed by atoms with van der Waals surface area (Å²) in [6.07, 6.45) is 2.93. The highest BCUT2D eigenvalue weighted by Gasteiger charge is 2.28. The molecule has 7 nitrogen and oxygen atoms in total. The number of nitrogens with one attached hydrogen (secondary N) is 1. The van der Waals surface area contributed by atoms with Gasteiger partial charge in [0.2, 0.25) is 0 Å². The molecule has 0 amide bonds. The number of aromatic hydroxyl groups is 1. The van der Waals surface area contributed by atoms with Crippen molar-refractivity contribution in [2.75, 3.05) is 31.2 Å². The van der Waals surface area contributed by atoms with Crippen LogP contribution in [-0.2, 0) is 4.74 Å². The topological polar surface area (TPSA) is 83.4 Å². The van der Waals surface area contributed by atoms with Crippen molar-refractivity contribution in [2.45, 2.75) is 25.4 Å². The molecule has 1 atom stereocenters. The van der Waals surface area contributed by atoms with Crippen molar-refractivity contribution in [3.63, 3.8) is 0 Å². The lowest BCUT2D eigenvalue weighted by atomic mass is 10.1. The van der Waals surface area contributed by atoms with Crippen molar-refractivity contribution >= 4 is 17.2 Å². The molecule has 2 N–H and O–H groups in total. The molecule has 2 aliphatic rings. The highest BCUT2D eigenvalue weighted by atomic mass is 32.1. The average molecular weight is 410 g/mol. The molecule has 5 rings (SSSR count). The van der Waals surface area contributed by atoms with Gasteiger partial charge in [0, 0.05) is 30.9 Å². The first kappa shape index (κ1) is 18.5. The molecule has 2 aromatic heterocycles. The van der Waals surface area contributed by atoms with Gasteiger partial charge in [-0.15, -0.1) is 21.5 Å². The molecular formula is C21H23N5O2S. The predicted octanol–water partition coefficient (Wildman–Crippen LogP) is 2.85. The van der Waals surface area contributed by atoms with Gasteiger partial charge in [-0.25, -0.2) is 4.98 Å². The second kappa shape index (κ2) is 7.70. The summed E-state index contributed by atoms with van der Waals surface area (Å²) in [5, 5.41) is 23.9. The smallest absolute Gasteiger partial charge is 0.151 e. The van der Waals surface area contributed by atoms with Crippen molar-refractivity contribution in [1.29, 1.82) is 0 Å². The van der Waals surface area contributed by atoms with Crippen LogP contribution >= 0.6 is 11.3 Å². The number of rotatable bonds is 5. The fraction of sp³-hybridized carbons (Fsp3) is 0.381. The van der Waals surface area contributed by atoms with Crippen LogP contribution in [0.3, 0.4) is 0 Å². The number of aromatic nitrogens is 3. The Labute approximate surface area is 173 Å². The molecule has 0 saturated carbocycles. The quantitative estimate of drug-likeness (QED) is 0.670. The van der Waals surface area contributed by atoms with Crippen LogP contribution in [0.15, 0.2) is 36.5 Å². The normalized spacial score (nSPS) is 19.5. The van der Waals surface area contributed by atoms with E-state index in [0.29, 0.717) is 23.3 Å². The van der Waals surface area contributed by atoms with Gasteiger partial charge in [-0.3, -0.25) is 0 Å². The number of hydrogen-bond acceptors (Lipinski definition) is 8. The zero-order valence-corrected chi connectivity index (χ0v) is 17.0. The molecule has 0 aliphatic carbocycles. The van der Waals surface area contributed by atoms with Crippen LogP contribution in [-0.4, -0.2) is 58.7 Å². The number of phenols is 1. The Morgan fingerprint density at radius 3 is 2.72 bits per heavy atom. The number of hydrogen-bond donors (Lipinski definition) is 2. The molecule has 1 aromatic carbocycles. The molecule has 2 aliphatic heterocycles. The Hall–Kier alpha value is -2.55. The van der Waals surface area contributed by atoms with E-state index in [2.05, 4.69) is 25.4 Å². The molecule has 4 heterocycles. The number of thiazole rings is 1. The van der Waals surface area contributed by atoms with Crippen LogP contribution in [0, 0.1) is 6.92 Å². The fourth-order valence-corrected chi connectivity index (χ4v) is 4.58. The highest BCUT2D eigenvalue weighted by Crippen LogP contribution is 2.34. The van der Waals surface area contributed by atoms with Gasteiger partial charge in [0.15, 0.2) is 5.82 Å². The molecule has 150 valence electrons. The monoisotopic (exact) mass is 409 g/mol. The summed E-state index contributed by atoms with van der Waals surface area (Å²) in [7, 11) is 0. The van der Waals surface area contributed by atoms with E-state index in [4.69, 9.17) is 4.74 Å². The van der Waals surface area contributed by atoms with Crippen molar-refractivity contribution in [3.8, 4) is 27.4 Å². The largest absolute Gasteiger partial charge is 0.507 e. The summed E-state index contributed by atoms with van der Waals surface area (Å²) in [6, 6.07) is 10.5. The molecule has 0 spiro atoms. The molecular weight excluding hydrogens is 386 g/mol. The van der Waals surface area contributed by atoms with Crippen LogP contribution in [0.5, 0.6) is 5.75 Å². The van der Waals surface area contributed by atoms with E-state index >= 15 is 0 Å². The third kappa shape index (κ3) is 3.83. The van der Waals surface area contributed by atoms with Crippen LogP contribution in [0.1, 0.15) is 11.4 Å². The van der Waals surface area contributed by atoms with E-state index in [1.165, 1.54) is 0 Å². The summed E-state index contributed by atoms with van der Waals surface area (Å²) in [4.78, 5) is 7.57. The molecule has 0 radical (unpaired) electrons. The Morgan fingerprint density at radius 2 is 2.07 bits per heavy atom. The lowest BCUT2D eigenvalue weighted by Crippen LogP contribution is -2.51. The van der Waals surface area contributed by atoms with E-state index in [1.807, 2.05) is 37.4 Å². The van der Waals surface area contributed by atoms with Gasteiger partial charge in [0.25, 0.3) is 0 Å². The third-order valence-electron chi connectivity index (χ3n) is 5.45. The maximum atomic E-state index is 10.5. The first-order valence-corrected chi connectivity index (χ1v) is 10.7. The van der Waals surface area contributed by atoms with E-state index < -0.39 is 0 Å². The fourth-order valence-electron chi connectivity index (χ4n) is 3.80. The van der Waals surface area contributed by atoms with Gasteiger partial charge < -0.3 is 20.1 Å². The zero-order chi connectivity index (χ0) is 19.8. The van der Waals surface area contributed by atoms with E-state index in [-0.39, 0.29) is 5.75 Å². The van der Waals surface area contributed by atoms with Crippen LogP contribution < -0.4 is 10.2 Å². The van der Waals surface area contributed by atoms with E-state index in [1.54, 1.807) is 17.4 Å². The van der Waals surface area contributed by atoms with Gasteiger partial charge in [-0.2, -0.15) is 0 Å². The highest BCUT2D eigenvalue weighted by molar-refractivity contribution is 7.15. The minimum absolute atomic E-state index is 0.198. The van der Waals surface area contributed by atoms with E-state index in [9.17, 15) is 5.11 Å². The second-order valence-electron chi connectivity index (χ2n) is 7.58. The SMILES string of the molecule is Cc1ncc(-c2ccc(-c3ccc(N4CC[C@H](NC5COC5)C4)nn3)c(O)c2)s1. The van der Waals surface area contributed by atoms with Gasteiger partial charge in [-0.1, -0.05) is 6.07 Å². The van der Waals surface area contributed by atoms with Crippen molar-refractivity contribution in [1.82, 2.24) is 20.5 Å². The first-order chi connectivity index (χ1) is 14.2. The molecule has 0 unspecified atom stereocenters. The second-order valence-corrected chi connectivity index (χ2v) is 8.82. The molecule has 2 saturated heterocycles. The number of benzene rings is 1. The Bertz CT molecular complexity index is 1000. The minimum Gasteiger partial charge on any atom is -0.507 e. The first-order valence-electron chi connectivity index (χ1n) is 9.84. The predicted molar refractivity (Wildman–Crippen MR) is 113 cm³/mol. The van der Waals surface area contributed by atoms with Crippen LogP contribution in [0.2, 0.25) is 0 Å². The van der Waals surface area contributed by atoms with Crippen molar-refractivity contribution in [2.24, 2.45) is 0 Å². The molecule has 3 aromatic rings. The van der Waals surface area contributed by atoms with Gasteiger partial charge in [0.1, 0.15) is 5.75 Å². The summed E-state index contributed by atoms with van der Waals surface area (Å²) >= 11 is 1.61. The minimum atomic E-state index is 0.198. The average Bonchev–Trinajstić information content (AvgIpc) is 3.34. The molecule has 29 heavy (non-hydrogen) atoms. The third-order valence-corrected chi connectivity index (χ3v) is 6.41. The van der Waals surface area contributed by atoms with Gasteiger partial charge >= 0.3 is 0 Å². The van der Waals surface area contributed by atoms with Gasteiger partial charge in [0.05, 0.1) is 34.8 Å². The number of aryl methyl sites for hydroxylation is 1. The maximum absolute atomic E-state index is 10.5. The Kier molecular flexibility index (Phi) is 4.91. The Balaban J connectivity index is 1.29. The van der Waals surface area contributed by atoms with Crippen LogP contribution in [0.25, 0.3) is 21.7 Å². The lowest BCUT2D eigenvalue weighted by molar-refractivity contribution is -0.00895. The number of nitrogens with zero attached hydrogens (tertiary/aromatic N) is 4. The number of anilines is 1. The van der Waals surface area contributed by atoms with Crippen molar-refractivity contribution < 1.29 is 9.84 Å². The Morgan fingerprint density at radius 1 is 1.17 bits per heavy atom. The zero-order valence-electron chi connectivity index (χ0n) is 16.2. The summed E-state index contributed by atoms with van der Waals surface area (Å²) in [5.74, 6) is 1.07. The lowest BCUT2D eigenvalue weighted by Gasteiger charge is -2.30. The standard InChI is InChI=1S/C21H23N5O2S/c1-13-22-9-20(29-13)14-2-3-17(19(27)8-14)18-4-5-21(25-24-18)26-7-6-15(10-26)23-16-11-28-12-16/h2-5,8-9,15-16,23,27H,6-7,10-12H2,1H3/t15-/m0/s1. The summed E-state index contributed by atoms with van der Waals surface area (Å²) in [6.45, 7) is 5.50. The number of ether oxygens (including phenoxy) is 1. The molecule has 8 heteroatoms.